The van der Waals surface area contributed by atoms with E-state index in [-0.39, 0.29) is 29.7 Å². The monoisotopic (exact) mass is 524 g/mol. The lowest BCUT2D eigenvalue weighted by Gasteiger charge is -2.33. The molecule has 202 valence electrons. The van der Waals surface area contributed by atoms with Crippen LogP contribution in [-0.2, 0) is 22.6 Å². The topological polar surface area (TPSA) is 82.6 Å². The van der Waals surface area contributed by atoms with E-state index in [2.05, 4.69) is 22.4 Å². The fourth-order valence-corrected chi connectivity index (χ4v) is 6.64. The highest BCUT2D eigenvalue weighted by molar-refractivity contribution is 5.96. The van der Waals surface area contributed by atoms with Gasteiger partial charge in [0.2, 0.25) is 11.8 Å². The van der Waals surface area contributed by atoms with Crippen LogP contribution in [0.2, 0.25) is 0 Å². The van der Waals surface area contributed by atoms with Crippen LogP contribution in [0.5, 0.6) is 0 Å². The van der Waals surface area contributed by atoms with Crippen molar-refractivity contribution in [1.82, 2.24) is 20.1 Å². The molecule has 3 heterocycles. The Labute approximate surface area is 229 Å². The van der Waals surface area contributed by atoms with Gasteiger partial charge in [0, 0.05) is 43.5 Å². The van der Waals surface area contributed by atoms with Gasteiger partial charge in [0.15, 0.2) is 0 Å². The Balaban J connectivity index is 1.27. The maximum atomic E-state index is 14.0. The average Bonchev–Trinajstić information content (AvgIpc) is 3.41. The first kappa shape index (κ1) is 25.5. The lowest BCUT2D eigenvalue weighted by molar-refractivity contribution is -0.136. The van der Waals surface area contributed by atoms with Gasteiger partial charge < -0.3 is 15.1 Å². The van der Waals surface area contributed by atoms with Crippen LogP contribution in [0, 0.1) is 11.8 Å². The van der Waals surface area contributed by atoms with Crippen molar-refractivity contribution < 1.29 is 14.4 Å². The Morgan fingerprint density at radius 1 is 0.846 bits per heavy atom. The van der Waals surface area contributed by atoms with Gasteiger partial charge in [-0.05, 0) is 55.4 Å². The quantitative estimate of drug-likeness (QED) is 0.541. The molecule has 6 rings (SSSR count). The second-order valence-corrected chi connectivity index (χ2v) is 11.2. The minimum absolute atomic E-state index is 0.0366. The molecule has 3 atom stereocenters. The van der Waals surface area contributed by atoms with Crippen molar-refractivity contribution >= 4 is 28.6 Å². The highest BCUT2D eigenvalue weighted by atomic mass is 16.2. The lowest BCUT2D eigenvalue weighted by Crippen LogP contribution is -2.47. The fourth-order valence-electron chi connectivity index (χ4n) is 6.64. The highest BCUT2D eigenvalue weighted by Crippen LogP contribution is 2.38. The largest absolute Gasteiger partial charge is 0.356 e. The molecule has 1 saturated heterocycles. The molecule has 1 aliphatic carbocycles. The maximum absolute atomic E-state index is 14.0. The van der Waals surface area contributed by atoms with Crippen molar-refractivity contribution in [3.05, 3.63) is 77.5 Å². The van der Waals surface area contributed by atoms with Crippen molar-refractivity contribution in [3.8, 4) is 0 Å². The van der Waals surface area contributed by atoms with E-state index < -0.39 is 5.92 Å². The first-order valence-corrected chi connectivity index (χ1v) is 14.4. The second-order valence-electron chi connectivity index (χ2n) is 11.2. The number of rotatable bonds is 2. The zero-order valence-corrected chi connectivity index (χ0v) is 22.4. The van der Waals surface area contributed by atoms with Crippen molar-refractivity contribution in [3.63, 3.8) is 0 Å². The molecule has 39 heavy (non-hydrogen) atoms. The van der Waals surface area contributed by atoms with Crippen LogP contribution in [0.15, 0.2) is 60.7 Å². The third kappa shape index (κ3) is 5.27. The van der Waals surface area contributed by atoms with E-state index in [9.17, 15) is 14.4 Å². The number of para-hydroxylation sites is 1. The van der Waals surface area contributed by atoms with Crippen LogP contribution in [0.25, 0.3) is 10.9 Å². The summed E-state index contributed by atoms with van der Waals surface area (Å²) in [6.07, 6.45) is 5.65. The van der Waals surface area contributed by atoms with Crippen molar-refractivity contribution in [2.24, 2.45) is 11.8 Å². The number of carbonyl (C=O) groups excluding carboxylic acids is 3. The van der Waals surface area contributed by atoms with Gasteiger partial charge in [0.25, 0.3) is 5.91 Å². The standard InChI is InChI=1S/C32H36N4O3/c37-30-26-19-25(31(38)35-18-15-22-9-3-4-11-24(22)21-35)20-29(26)36(17-8-2-1-7-16-33-30)32(39)28-14-13-23-10-5-6-12-27(23)34-28/h3-6,9-14,25-26,29H,1-2,7-8,15-21H2,(H,33,37)/t25-,26-,29+/m1/s1. The molecule has 0 spiro atoms. The predicted octanol–water partition coefficient (Wildman–Crippen LogP) is 4.35. The number of fused-ring (bicyclic) bond motifs is 3. The number of hydrogen-bond donors (Lipinski definition) is 1. The van der Waals surface area contributed by atoms with E-state index in [1.807, 2.05) is 52.3 Å². The van der Waals surface area contributed by atoms with Gasteiger partial charge in [0.1, 0.15) is 5.69 Å². The van der Waals surface area contributed by atoms with Crippen LogP contribution < -0.4 is 5.32 Å². The molecule has 1 saturated carbocycles. The van der Waals surface area contributed by atoms with E-state index in [4.69, 9.17) is 0 Å². The molecule has 7 heteroatoms. The zero-order chi connectivity index (χ0) is 26.8. The average molecular weight is 525 g/mol. The second kappa shape index (κ2) is 11.2. The SMILES string of the molecule is O=C1NCCCCCCN(C(=O)c2ccc3ccccc3n2)[C@H]2C[C@H](C(=O)N3CCc4ccccc4C3)C[C@@H]12. The number of hydrogen-bond acceptors (Lipinski definition) is 4. The fraction of sp³-hybridized carbons (Fsp3) is 0.438. The predicted molar refractivity (Wildman–Crippen MR) is 150 cm³/mol. The number of aromatic nitrogens is 1. The van der Waals surface area contributed by atoms with Crippen LogP contribution in [-0.4, -0.2) is 58.2 Å². The van der Waals surface area contributed by atoms with Crippen LogP contribution >= 0.6 is 0 Å². The molecule has 3 amide bonds. The molecule has 7 nitrogen and oxygen atoms in total. The van der Waals surface area contributed by atoms with E-state index in [1.54, 1.807) is 6.07 Å². The van der Waals surface area contributed by atoms with Crippen molar-refractivity contribution in [1.29, 1.82) is 0 Å². The molecular weight excluding hydrogens is 488 g/mol. The Morgan fingerprint density at radius 3 is 2.54 bits per heavy atom. The van der Waals surface area contributed by atoms with Gasteiger partial charge in [0.05, 0.1) is 11.4 Å². The molecule has 3 aliphatic rings. The Bertz CT molecular complexity index is 1390. The molecule has 1 aromatic heterocycles. The van der Waals surface area contributed by atoms with Gasteiger partial charge in [-0.1, -0.05) is 61.4 Å². The first-order chi connectivity index (χ1) is 19.1. The van der Waals surface area contributed by atoms with Gasteiger partial charge >= 0.3 is 0 Å². The smallest absolute Gasteiger partial charge is 0.272 e. The Hall–Kier alpha value is -3.74. The molecule has 0 bridgehead atoms. The number of amides is 3. The zero-order valence-electron chi connectivity index (χ0n) is 22.4. The van der Waals surface area contributed by atoms with Gasteiger partial charge in [-0.25, -0.2) is 4.98 Å². The number of carbonyl (C=O) groups is 3. The summed E-state index contributed by atoms with van der Waals surface area (Å²) in [6.45, 7) is 2.51. The van der Waals surface area contributed by atoms with Crippen LogP contribution in [0.1, 0.15) is 60.1 Å². The summed E-state index contributed by atoms with van der Waals surface area (Å²) in [6, 6.07) is 19.5. The summed E-state index contributed by atoms with van der Waals surface area (Å²) in [5.41, 5.74) is 3.67. The summed E-state index contributed by atoms with van der Waals surface area (Å²) in [4.78, 5) is 49.7. The van der Waals surface area contributed by atoms with Crippen LogP contribution in [0.3, 0.4) is 0 Å². The van der Waals surface area contributed by atoms with E-state index in [0.29, 0.717) is 44.7 Å². The normalized spacial score (nSPS) is 23.9. The number of nitrogens with zero attached hydrogens (tertiary/aromatic N) is 3. The summed E-state index contributed by atoms with van der Waals surface area (Å²) in [5, 5.41) is 4.09. The molecule has 1 N–H and O–H groups in total. The minimum atomic E-state index is -0.404. The number of pyridine rings is 1. The molecule has 3 aromatic rings. The van der Waals surface area contributed by atoms with Crippen molar-refractivity contribution in [2.75, 3.05) is 19.6 Å². The van der Waals surface area contributed by atoms with E-state index in [0.717, 1.165) is 43.0 Å². The Morgan fingerprint density at radius 2 is 1.64 bits per heavy atom. The highest BCUT2D eigenvalue weighted by Gasteiger charge is 2.47. The summed E-state index contributed by atoms with van der Waals surface area (Å²) < 4.78 is 0. The Kier molecular flexibility index (Phi) is 7.31. The lowest BCUT2D eigenvalue weighted by atomic mass is 9.97. The molecule has 0 unspecified atom stereocenters. The van der Waals surface area contributed by atoms with Gasteiger partial charge in [-0.3, -0.25) is 14.4 Å². The summed E-state index contributed by atoms with van der Waals surface area (Å²) >= 11 is 0. The molecule has 2 aliphatic heterocycles. The maximum Gasteiger partial charge on any atom is 0.272 e. The van der Waals surface area contributed by atoms with E-state index in [1.165, 1.54) is 11.1 Å². The molecule has 2 aromatic carbocycles. The number of nitrogens with one attached hydrogen (secondary N) is 1. The molecular formula is C32H36N4O3. The van der Waals surface area contributed by atoms with E-state index >= 15 is 0 Å². The summed E-state index contributed by atoms with van der Waals surface area (Å²) in [7, 11) is 0. The van der Waals surface area contributed by atoms with Gasteiger partial charge in [-0.2, -0.15) is 0 Å². The third-order valence-corrected chi connectivity index (χ3v) is 8.76. The number of benzene rings is 2. The summed E-state index contributed by atoms with van der Waals surface area (Å²) in [5.74, 6) is -0.765. The minimum Gasteiger partial charge on any atom is -0.356 e. The van der Waals surface area contributed by atoms with Crippen molar-refractivity contribution in [2.45, 2.75) is 57.5 Å². The molecule has 2 fully saturated rings. The first-order valence-electron chi connectivity index (χ1n) is 14.4. The van der Waals surface area contributed by atoms with Gasteiger partial charge in [-0.15, -0.1) is 0 Å². The molecule has 0 radical (unpaired) electrons. The van der Waals surface area contributed by atoms with Crippen LogP contribution in [0.4, 0.5) is 0 Å². The third-order valence-electron chi connectivity index (χ3n) is 8.76.